The van der Waals surface area contributed by atoms with Crippen molar-refractivity contribution in [2.24, 2.45) is 0 Å². The smallest absolute Gasteiger partial charge is 0.410 e. The van der Waals surface area contributed by atoms with Crippen molar-refractivity contribution in [3.8, 4) is 11.6 Å². The van der Waals surface area contributed by atoms with Crippen molar-refractivity contribution >= 4 is 22.9 Å². The van der Waals surface area contributed by atoms with Gasteiger partial charge >= 0.3 is 6.09 Å². The van der Waals surface area contributed by atoms with Crippen LogP contribution in [0.25, 0.3) is 16.7 Å². The molecule has 0 N–H and O–H groups in total. The van der Waals surface area contributed by atoms with Crippen LogP contribution in [0.3, 0.4) is 0 Å². The molecule has 2 saturated heterocycles. The van der Waals surface area contributed by atoms with E-state index >= 15 is 0 Å². The summed E-state index contributed by atoms with van der Waals surface area (Å²) in [6.45, 7) is 3.00. The third kappa shape index (κ3) is 4.70. The number of carbonyl (C=O) groups is 2. The van der Waals surface area contributed by atoms with Gasteiger partial charge in [0.2, 0.25) is 0 Å². The Labute approximate surface area is 204 Å². The minimum Gasteiger partial charge on any atom is -0.489 e. The summed E-state index contributed by atoms with van der Waals surface area (Å²) in [5, 5.41) is 1.02. The molecule has 0 spiro atoms. The first-order valence-corrected chi connectivity index (χ1v) is 12.6. The SMILES string of the molecule is O=C(OC1CC1)N1CCC(Oc2ccc(-n3ccc4cc(C(=O)N5CCCC5)ccc43)nc2)CC1. The van der Waals surface area contributed by atoms with E-state index in [0.717, 1.165) is 79.6 Å². The Bertz CT molecular complexity index is 1220. The first-order chi connectivity index (χ1) is 17.1. The predicted molar refractivity (Wildman–Crippen MR) is 131 cm³/mol. The van der Waals surface area contributed by atoms with Crippen LogP contribution in [0.1, 0.15) is 48.9 Å². The second-order valence-corrected chi connectivity index (χ2v) is 9.70. The summed E-state index contributed by atoms with van der Waals surface area (Å²) in [7, 11) is 0. The van der Waals surface area contributed by atoms with Crippen molar-refractivity contribution < 1.29 is 19.1 Å². The van der Waals surface area contributed by atoms with E-state index in [2.05, 4.69) is 4.98 Å². The Morgan fingerprint density at radius 2 is 1.66 bits per heavy atom. The van der Waals surface area contributed by atoms with Crippen LogP contribution < -0.4 is 4.74 Å². The van der Waals surface area contributed by atoms with Crippen molar-refractivity contribution in [2.45, 2.75) is 50.7 Å². The number of rotatable bonds is 5. The highest BCUT2D eigenvalue weighted by molar-refractivity contribution is 5.98. The molecular weight excluding hydrogens is 444 g/mol. The second-order valence-electron chi connectivity index (χ2n) is 9.70. The molecule has 6 rings (SSSR count). The zero-order valence-electron chi connectivity index (χ0n) is 19.8. The summed E-state index contributed by atoms with van der Waals surface area (Å²) in [6.07, 6.45) is 9.46. The van der Waals surface area contributed by atoms with Gasteiger partial charge in [0.1, 0.15) is 23.8 Å². The van der Waals surface area contributed by atoms with Gasteiger partial charge in [0, 0.05) is 56.2 Å². The molecule has 35 heavy (non-hydrogen) atoms. The van der Waals surface area contributed by atoms with E-state index in [1.165, 1.54) is 0 Å². The Kier molecular flexibility index (Phi) is 5.80. The molecule has 4 heterocycles. The summed E-state index contributed by atoms with van der Waals surface area (Å²) in [5.74, 6) is 1.63. The summed E-state index contributed by atoms with van der Waals surface area (Å²) >= 11 is 0. The van der Waals surface area contributed by atoms with E-state index < -0.39 is 0 Å². The third-order valence-electron chi connectivity index (χ3n) is 7.09. The molecule has 8 heteroatoms. The van der Waals surface area contributed by atoms with Crippen molar-refractivity contribution in [1.29, 1.82) is 0 Å². The summed E-state index contributed by atoms with van der Waals surface area (Å²) < 4.78 is 13.5. The summed E-state index contributed by atoms with van der Waals surface area (Å²) in [6, 6.07) is 11.8. The standard InChI is InChI=1S/C27H30N4O4/c32-26(29-12-1-2-13-29)20-3-7-24-19(17-20)9-16-31(24)25-8-6-23(18-28-25)34-22-10-14-30(15-11-22)27(33)35-21-4-5-21/h3,6-9,16-18,21-22H,1-2,4-5,10-15H2. The van der Waals surface area contributed by atoms with Gasteiger partial charge in [-0.05, 0) is 62.1 Å². The minimum absolute atomic E-state index is 0.0617. The predicted octanol–water partition coefficient (Wildman–Crippen LogP) is 4.40. The van der Waals surface area contributed by atoms with Gasteiger partial charge in [-0.1, -0.05) is 0 Å². The Hall–Kier alpha value is -3.55. The topological polar surface area (TPSA) is 76.9 Å². The lowest BCUT2D eigenvalue weighted by molar-refractivity contribution is 0.0636. The Morgan fingerprint density at radius 3 is 2.37 bits per heavy atom. The number of piperidine rings is 1. The van der Waals surface area contributed by atoms with Crippen molar-refractivity contribution in [2.75, 3.05) is 26.2 Å². The first-order valence-electron chi connectivity index (χ1n) is 12.6. The van der Waals surface area contributed by atoms with Crippen LogP contribution in [0.4, 0.5) is 4.79 Å². The van der Waals surface area contributed by atoms with Gasteiger partial charge in [0.15, 0.2) is 0 Å². The maximum Gasteiger partial charge on any atom is 0.410 e. The number of amides is 2. The van der Waals surface area contributed by atoms with Gasteiger partial charge in [-0.25, -0.2) is 9.78 Å². The second kappa shape index (κ2) is 9.24. The molecule has 8 nitrogen and oxygen atoms in total. The number of ether oxygens (including phenoxy) is 2. The summed E-state index contributed by atoms with van der Waals surface area (Å²) in [5.41, 5.74) is 1.75. The fourth-order valence-corrected chi connectivity index (χ4v) is 4.91. The fraction of sp³-hybridized carbons (Fsp3) is 0.444. The number of likely N-dealkylation sites (tertiary alicyclic amines) is 2. The molecule has 3 aromatic rings. The highest BCUT2D eigenvalue weighted by Crippen LogP contribution is 2.27. The molecule has 3 aliphatic rings. The van der Waals surface area contributed by atoms with Gasteiger partial charge in [-0.15, -0.1) is 0 Å². The van der Waals surface area contributed by atoms with Crippen LogP contribution in [0.5, 0.6) is 5.75 Å². The molecule has 0 radical (unpaired) electrons. The molecule has 3 fully saturated rings. The monoisotopic (exact) mass is 474 g/mol. The molecular formula is C27H30N4O4. The number of fused-ring (bicyclic) bond motifs is 1. The van der Waals surface area contributed by atoms with Crippen LogP contribution in [-0.2, 0) is 4.74 Å². The molecule has 2 amide bonds. The molecule has 1 saturated carbocycles. The molecule has 0 unspecified atom stereocenters. The normalized spacial score (nSPS) is 18.7. The lowest BCUT2D eigenvalue weighted by Crippen LogP contribution is -2.42. The molecule has 1 aromatic carbocycles. The van der Waals surface area contributed by atoms with Gasteiger partial charge in [-0.2, -0.15) is 0 Å². The van der Waals surface area contributed by atoms with Crippen molar-refractivity contribution in [3.63, 3.8) is 0 Å². The van der Waals surface area contributed by atoms with Gasteiger partial charge in [0.25, 0.3) is 5.91 Å². The van der Waals surface area contributed by atoms with Crippen LogP contribution in [0, 0.1) is 0 Å². The number of hydrogen-bond acceptors (Lipinski definition) is 5. The molecule has 1 aliphatic carbocycles. The number of pyridine rings is 1. The first kappa shape index (κ1) is 21.9. The number of aromatic nitrogens is 2. The van der Waals surface area contributed by atoms with E-state index in [4.69, 9.17) is 9.47 Å². The van der Waals surface area contributed by atoms with E-state index in [1.807, 2.05) is 52.1 Å². The highest BCUT2D eigenvalue weighted by atomic mass is 16.6. The fourth-order valence-electron chi connectivity index (χ4n) is 4.91. The lowest BCUT2D eigenvalue weighted by atomic mass is 10.1. The Morgan fingerprint density at radius 1 is 0.857 bits per heavy atom. The minimum atomic E-state index is -0.191. The van der Waals surface area contributed by atoms with Gasteiger partial charge in [0.05, 0.1) is 11.7 Å². The number of carbonyl (C=O) groups excluding carboxylic acids is 2. The average molecular weight is 475 g/mol. The molecule has 0 bridgehead atoms. The van der Waals surface area contributed by atoms with E-state index in [9.17, 15) is 9.59 Å². The molecule has 0 atom stereocenters. The number of hydrogen-bond donors (Lipinski definition) is 0. The van der Waals surface area contributed by atoms with Crippen LogP contribution in [0.2, 0.25) is 0 Å². The number of benzene rings is 1. The van der Waals surface area contributed by atoms with Crippen molar-refractivity contribution in [1.82, 2.24) is 19.4 Å². The average Bonchev–Trinajstić information content (AvgIpc) is 3.36. The van der Waals surface area contributed by atoms with E-state index in [-0.39, 0.29) is 24.2 Å². The third-order valence-corrected chi connectivity index (χ3v) is 7.09. The molecule has 2 aromatic heterocycles. The molecule has 182 valence electrons. The molecule has 2 aliphatic heterocycles. The van der Waals surface area contributed by atoms with Crippen LogP contribution >= 0.6 is 0 Å². The Balaban J connectivity index is 1.08. The zero-order valence-corrected chi connectivity index (χ0v) is 19.8. The number of nitrogens with zero attached hydrogens (tertiary/aromatic N) is 4. The van der Waals surface area contributed by atoms with Crippen LogP contribution in [0.15, 0.2) is 48.8 Å². The quantitative estimate of drug-likeness (QED) is 0.548. The van der Waals surface area contributed by atoms with E-state index in [1.54, 1.807) is 11.1 Å². The van der Waals surface area contributed by atoms with Gasteiger partial charge < -0.3 is 23.8 Å². The lowest BCUT2D eigenvalue weighted by Gasteiger charge is -2.31. The zero-order chi connectivity index (χ0) is 23.8. The van der Waals surface area contributed by atoms with E-state index in [0.29, 0.717) is 13.1 Å². The maximum absolute atomic E-state index is 12.7. The summed E-state index contributed by atoms with van der Waals surface area (Å²) in [4.78, 5) is 33.2. The maximum atomic E-state index is 12.7. The van der Waals surface area contributed by atoms with Crippen molar-refractivity contribution in [3.05, 3.63) is 54.4 Å². The van der Waals surface area contributed by atoms with Gasteiger partial charge in [-0.3, -0.25) is 4.79 Å². The highest BCUT2D eigenvalue weighted by Gasteiger charge is 2.31. The van der Waals surface area contributed by atoms with Crippen LogP contribution in [-0.4, -0.2) is 69.7 Å². The largest absolute Gasteiger partial charge is 0.489 e.